The number of benzene rings is 1. The molecular weight excluding hydrogens is 300 g/mol. The fourth-order valence-electron chi connectivity index (χ4n) is 2.83. The number of halogens is 2. The smallest absolute Gasteiger partial charge is 0.159 e. The summed E-state index contributed by atoms with van der Waals surface area (Å²) in [6.45, 7) is 6.34. The van der Waals surface area contributed by atoms with E-state index in [1.165, 1.54) is 12.1 Å². The molecule has 0 bridgehead atoms. The number of aromatic nitrogens is 2. The molecule has 4 nitrogen and oxygen atoms in total. The molecule has 1 fully saturated rings. The summed E-state index contributed by atoms with van der Waals surface area (Å²) < 4.78 is 32.2. The molecule has 23 heavy (non-hydrogen) atoms. The molecule has 0 amide bonds. The van der Waals surface area contributed by atoms with Crippen LogP contribution in [-0.4, -0.2) is 34.6 Å². The van der Waals surface area contributed by atoms with Crippen molar-refractivity contribution in [2.24, 2.45) is 0 Å². The zero-order valence-electron chi connectivity index (χ0n) is 13.2. The second-order valence-electron chi connectivity index (χ2n) is 5.82. The summed E-state index contributed by atoms with van der Waals surface area (Å²) in [5, 5.41) is 0. The molecule has 0 saturated carbocycles. The predicted octanol–water partition coefficient (Wildman–Crippen LogP) is 2.95. The van der Waals surface area contributed by atoms with Gasteiger partial charge in [0.1, 0.15) is 11.9 Å². The van der Waals surface area contributed by atoms with E-state index in [-0.39, 0.29) is 6.10 Å². The van der Waals surface area contributed by atoms with Gasteiger partial charge in [-0.1, -0.05) is 6.07 Å². The van der Waals surface area contributed by atoms with Gasteiger partial charge in [-0.2, -0.15) is 0 Å². The maximum absolute atomic E-state index is 13.3. The number of hydrogen-bond acceptors (Lipinski definition) is 4. The number of rotatable bonds is 3. The van der Waals surface area contributed by atoms with E-state index in [0.717, 1.165) is 29.3 Å². The molecule has 0 spiro atoms. The van der Waals surface area contributed by atoms with Crippen molar-refractivity contribution in [1.82, 2.24) is 14.9 Å². The highest BCUT2D eigenvalue weighted by atomic mass is 19.2. The molecule has 0 aliphatic carbocycles. The van der Waals surface area contributed by atoms with Gasteiger partial charge in [-0.05, 0) is 37.6 Å². The van der Waals surface area contributed by atoms with Gasteiger partial charge >= 0.3 is 0 Å². The van der Waals surface area contributed by atoms with Gasteiger partial charge in [0.2, 0.25) is 0 Å². The first kappa shape index (κ1) is 16.0. The number of aryl methyl sites for hydroxylation is 2. The van der Waals surface area contributed by atoms with Crippen molar-refractivity contribution in [3.05, 3.63) is 58.7 Å². The van der Waals surface area contributed by atoms with E-state index in [4.69, 9.17) is 4.74 Å². The second-order valence-corrected chi connectivity index (χ2v) is 5.82. The van der Waals surface area contributed by atoms with E-state index in [0.29, 0.717) is 19.7 Å². The van der Waals surface area contributed by atoms with Crippen molar-refractivity contribution in [1.29, 1.82) is 0 Å². The lowest BCUT2D eigenvalue weighted by atomic mass is 10.1. The van der Waals surface area contributed by atoms with Gasteiger partial charge in [0, 0.05) is 25.3 Å². The average molecular weight is 319 g/mol. The van der Waals surface area contributed by atoms with E-state index in [2.05, 4.69) is 14.9 Å². The molecule has 0 radical (unpaired) electrons. The molecule has 1 aliphatic rings. The molecule has 1 atom stereocenters. The first-order valence-corrected chi connectivity index (χ1v) is 7.61. The Bertz CT molecular complexity index is 688. The fourth-order valence-corrected chi connectivity index (χ4v) is 2.83. The van der Waals surface area contributed by atoms with Crippen LogP contribution in [0.5, 0.6) is 0 Å². The van der Waals surface area contributed by atoms with Crippen molar-refractivity contribution >= 4 is 0 Å². The summed E-state index contributed by atoms with van der Waals surface area (Å²) in [5.74, 6) is -0.906. The molecule has 1 aliphatic heterocycles. The molecule has 1 saturated heterocycles. The fraction of sp³-hybridized carbons (Fsp3) is 0.412. The normalized spacial score (nSPS) is 19.0. The largest absolute Gasteiger partial charge is 0.369 e. The minimum absolute atomic E-state index is 0.130. The first-order valence-electron chi connectivity index (χ1n) is 7.61. The Morgan fingerprint density at radius 1 is 1.17 bits per heavy atom. The van der Waals surface area contributed by atoms with E-state index >= 15 is 0 Å². The third-order valence-corrected chi connectivity index (χ3v) is 3.86. The highest BCUT2D eigenvalue weighted by Gasteiger charge is 2.24. The monoisotopic (exact) mass is 319 g/mol. The lowest BCUT2D eigenvalue weighted by molar-refractivity contribution is -0.0351. The lowest BCUT2D eigenvalue weighted by Gasteiger charge is -2.32. The molecule has 0 unspecified atom stereocenters. The summed E-state index contributed by atoms with van der Waals surface area (Å²) in [6, 6.07) is 5.96. The Morgan fingerprint density at radius 3 is 2.74 bits per heavy atom. The average Bonchev–Trinajstić information content (AvgIpc) is 2.50. The number of hydrogen-bond donors (Lipinski definition) is 0. The zero-order valence-corrected chi connectivity index (χ0v) is 13.2. The summed E-state index contributed by atoms with van der Waals surface area (Å²) in [4.78, 5) is 10.9. The summed E-state index contributed by atoms with van der Waals surface area (Å²) in [7, 11) is 0. The first-order chi connectivity index (χ1) is 11.0. The van der Waals surface area contributed by atoms with Crippen LogP contribution in [0.4, 0.5) is 8.78 Å². The Balaban J connectivity index is 1.71. The maximum Gasteiger partial charge on any atom is 0.159 e. The van der Waals surface area contributed by atoms with Crippen LogP contribution in [0.1, 0.15) is 28.9 Å². The van der Waals surface area contributed by atoms with Gasteiger partial charge < -0.3 is 4.74 Å². The van der Waals surface area contributed by atoms with Gasteiger partial charge in [0.15, 0.2) is 11.6 Å². The molecular formula is C17H19F2N3O. The van der Waals surface area contributed by atoms with Crippen LogP contribution in [0.25, 0.3) is 0 Å². The van der Waals surface area contributed by atoms with Gasteiger partial charge in [-0.3, -0.25) is 4.90 Å². The van der Waals surface area contributed by atoms with Crippen molar-refractivity contribution in [3.8, 4) is 0 Å². The zero-order chi connectivity index (χ0) is 16.4. The third kappa shape index (κ3) is 3.89. The molecule has 0 N–H and O–H groups in total. The molecule has 122 valence electrons. The van der Waals surface area contributed by atoms with E-state index in [1.54, 1.807) is 6.07 Å². The Morgan fingerprint density at radius 2 is 2.00 bits per heavy atom. The summed E-state index contributed by atoms with van der Waals surface area (Å²) in [5.41, 5.74) is 2.53. The van der Waals surface area contributed by atoms with E-state index in [9.17, 15) is 8.78 Å². The standard InChI is InChI=1S/C17H19F2N3O/c1-11-7-16(21-12(2)20-11)17-10-22(5-6-23-17)9-13-3-4-14(18)15(19)8-13/h3-4,7-8,17H,5-6,9-10H2,1-2H3/t17-/m1/s1. The van der Waals surface area contributed by atoms with Crippen LogP contribution in [0.15, 0.2) is 24.3 Å². The van der Waals surface area contributed by atoms with Crippen LogP contribution in [-0.2, 0) is 11.3 Å². The van der Waals surface area contributed by atoms with E-state index in [1.807, 2.05) is 19.9 Å². The highest BCUT2D eigenvalue weighted by molar-refractivity contribution is 5.18. The molecule has 2 aromatic rings. The van der Waals surface area contributed by atoms with Gasteiger partial charge in [-0.15, -0.1) is 0 Å². The number of morpholine rings is 1. The third-order valence-electron chi connectivity index (χ3n) is 3.86. The van der Waals surface area contributed by atoms with Crippen LogP contribution in [0.3, 0.4) is 0 Å². The van der Waals surface area contributed by atoms with Crippen molar-refractivity contribution in [2.45, 2.75) is 26.5 Å². The molecule has 6 heteroatoms. The Kier molecular flexibility index (Phi) is 4.63. The van der Waals surface area contributed by atoms with Gasteiger partial charge in [0.25, 0.3) is 0 Å². The topological polar surface area (TPSA) is 38.2 Å². The van der Waals surface area contributed by atoms with Crippen molar-refractivity contribution in [3.63, 3.8) is 0 Å². The highest BCUT2D eigenvalue weighted by Crippen LogP contribution is 2.22. The number of nitrogens with zero attached hydrogens (tertiary/aromatic N) is 3. The van der Waals surface area contributed by atoms with Crippen molar-refractivity contribution in [2.75, 3.05) is 19.7 Å². The molecule has 3 rings (SSSR count). The molecule has 1 aromatic heterocycles. The van der Waals surface area contributed by atoms with Gasteiger partial charge in [0.05, 0.1) is 12.3 Å². The number of ether oxygens (including phenoxy) is 1. The summed E-state index contributed by atoms with van der Waals surface area (Å²) in [6.07, 6.45) is -0.130. The Labute approximate surface area is 134 Å². The SMILES string of the molecule is Cc1cc([C@H]2CN(Cc3ccc(F)c(F)c3)CCO2)nc(C)n1. The Hall–Kier alpha value is -1.92. The van der Waals surface area contributed by atoms with Crippen LogP contribution >= 0.6 is 0 Å². The van der Waals surface area contributed by atoms with Crippen LogP contribution in [0.2, 0.25) is 0 Å². The molecule has 2 heterocycles. The second kappa shape index (κ2) is 6.68. The minimum atomic E-state index is -0.819. The van der Waals surface area contributed by atoms with E-state index < -0.39 is 11.6 Å². The van der Waals surface area contributed by atoms with Crippen LogP contribution in [0, 0.1) is 25.5 Å². The van der Waals surface area contributed by atoms with Crippen LogP contribution < -0.4 is 0 Å². The quantitative estimate of drug-likeness (QED) is 0.872. The predicted molar refractivity (Wildman–Crippen MR) is 81.8 cm³/mol. The maximum atomic E-state index is 13.3. The van der Waals surface area contributed by atoms with Crippen molar-refractivity contribution < 1.29 is 13.5 Å². The molecule has 1 aromatic carbocycles. The lowest BCUT2D eigenvalue weighted by Crippen LogP contribution is -2.38. The minimum Gasteiger partial charge on any atom is -0.369 e. The van der Waals surface area contributed by atoms with Gasteiger partial charge in [-0.25, -0.2) is 18.7 Å². The summed E-state index contributed by atoms with van der Waals surface area (Å²) >= 11 is 0.